The van der Waals surface area contributed by atoms with E-state index in [9.17, 15) is 9.59 Å². The van der Waals surface area contributed by atoms with Crippen molar-refractivity contribution in [2.75, 3.05) is 4.90 Å². The third kappa shape index (κ3) is 1.69. The Kier molecular flexibility index (Phi) is 2.66. The molecular formula is C17H10N2O3. The van der Waals surface area contributed by atoms with E-state index in [-0.39, 0.29) is 11.8 Å². The number of fused-ring (bicyclic) bond motifs is 1. The van der Waals surface area contributed by atoms with Gasteiger partial charge in [-0.25, -0.2) is 9.88 Å². The van der Waals surface area contributed by atoms with Gasteiger partial charge in [0.15, 0.2) is 12.2 Å². The molecule has 0 bridgehead atoms. The summed E-state index contributed by atoms with van der Waals surface area (Å²) >= 11 is 0. The molecule has 5 heteroatoms. The third-order valence-electron chi connectivity index (χ3n) is 3.64. The lowest BCUT2D eigenvalue weighted by Crippen LogP contribution is -2.29. The SMILES string of the molecule is O=C1c2ccccc2C(=O)N1c1ccccc1-c1cnco1. The van der Waals surface area contributed by atoms with Gasteiger partial charge in [0.05, 0.1) is 23.0 Å². The fourth-order valence-electron chi connectivity index (χ4n) is 2.63. The number of oxazole rings is 1. The molecule has 106 valence electrons. The molecule has 0 fully saturated rings. The number of anilines is 1. The summed E-state index contributed by atoms with van der Waals surface area (Å²) in [4.78, 5) is 30.2. The van der Waals surface area contributed by atoms with Gasteiger partial charge in [0, 0.05) is 5.56 Å². The van der Waals surface area contributed by atoms with Gasteiger partial charge in [0.2, 0.25) is 0 Å². The van der Waals surface area contributed by atoms with Crippen molar-refractivity contribution in [3.05, 3.63) is 72.2 Å². The molecule has 5 nitrogen and oxygen atoms in total. The van der Waals surface area contributed by atoms with E-state index in [0.29, 0.717) is 28.1 Å². The fraction of sp³-hybridized carbons (Fsp3) is 0. The highest BCUT2D eigenvalue weighted by Gasteiger charge is 2.37. The Morgan fingerprint density at radius 1 is 0.818 bits per heavy atom. The lowest BCUT2D eigenvalue weighted by atomic mass is 10.1. The van der Waals surface area contributed by atoms with E-state index < -0.39 is 0 Å². The van der Waals surface area contributed by atoms with Crippen LogP contribution in [0.25, 0.3) is 11.3 Å². The molecule has 2 amide bonds. The van der Waals surface area contributed by atoms with E-state index in [1.807, 2.05) is 6.07 Å². The van der Waals surface area contributed by atoms with Crippen LogP contribution >= 0.6 is 0 Å². The van der Waals surface area contributed by atoms with Crippen molar-refractivity contribution in [2.45, 2.75) is 0 Å². The van der Waals surface area contributed by atoms with Crippen LogP contribution < -0.4 is 4.90 Å². The molecule has 22 heavy (non-hydrogen) atoms. The molecule has 2 heterocycles. The van der Waals surface area contributed by atoms with Gasteiger partial charge in [0.25, 0.3) is 11.8 Å². The molecule has 0 saturated heterocycles. The predicted octanol–water partition coefficient (Wildman–Crippen LogP) is 3.14. The molecule has 4 rings (SSSR count). The smallest absolute Gasteiger partial charge is 0.266 e. The average Bonchev–Trinajstić information content (AvgIpc) is 3.16. The van der Waals surface area contributed by atoms with Crippen LogP contribution in [0.2, 0.25) is 0 Å². The van der Waals surface area contributed by atoms with E-state index in [1.165, 1.54) is 11.3 Å². The number of hydrogen-bond acceptors (Lipinski definition) is 4. The molecule has 1 aliphatic heterocycles. The molecule has 3 aromatic rings. The number of hydrogen-bond donors (Lipinski definition) is 0. The number of para-hydroxylation sites is 1. The molecular weight excluding hydrogens is 280 g/mol. The molecule has 1 aromatic heterocycles. The Balaban J connectivity index is 1.89. The van der Waals surface area contributed by atoms with Crippen molar-refractivity contribution in [1.29, 1.82) is 0 Å². The normalized spacial score (nSPS) is 13.5. The molecule has 2 aromatic carbocycles. The Hall–Kier alpha value is -3.21. The van der Waals surface area contributed by atoms with Gasteiger partial charge in [0.1, 0.15) is 0 Å². The van der Waals surface area contributed by atoms with Crippen molar-refractivity contribution in [1.82, 2.24) is 4.98 Å². The van der Waals surface area contributed by atoms with E-state index in [1.54, 1.807) is 48.7 Å². The first-order valence-electron chi connectivity index (χ1n) is 6.73. The first kappa shape index (κ1) is 12.5. The van der Waals surface area contributed by atoms with Crippen molar-refractivity contribution in [3.8, 4) is 11.3 Å². The molecule has 0 unspecified atom stereocenters. The summed E-state index contributed by atoms with van der Waals surface area (Å²) in [7, 11) is 0. The second-order valence-electron chi connectivity index (χ2n) is 4.87. The number of amides is 2. The summed E-state index contributed by atoms with van der Waals surface area (Å²) in [6, 6.07) is 13.9. The second kappa shape index (κ2) is 4.66. The van der Waals surface area contributed by atoms with E-state index in [4.69, 9.17) is 4.42 Å². The van der Waals surface area contributed by atoms with Crippen LogP contribution in [0, 0.1) is 0 Å². The van der Waals surface area contributed by atoms with Gasteiger partial charge in [-0.3, -0.25) is 9.59 Å². The number of rotatable bonds is 2. The number of aromatic nitrogens is 1. The summed E-state index contributed by atoms with van der Waals surface area (Å²) < 4.78 is 5.31. The Labute approximate surface area is 125 Å². The standard InChI is InChI=1S/C17H10N2O3/c20-16-11-5-1-2-6-12(11)17(21)19(16)14-8-4-3-7-13(14)15-9-18-10-22-15/h1-10H. The maximum atomic E-state index is 12.6. The van der Waals surface area contributed by atoms with Crippen molar-refractivity contribution in [2.24, 2.45) is 0 Å². The highest BCUT2D eigenvalue weighted by atomic mass is 16.3. The van der Waals surface area contributed by atoms with Gasteiger partial charge in [-0.2, -0.15) is 0 Å². The predicted molar refractivity (Wildman–Crippen MR) is 79.5 cm³/mol. The maximum Gasteiger partial charge on any atom is 0.266 e. The third-order valence-corrected chi connectivity index (χ3v) is 3.64. The minimum Gasteiger partial charge on any atom is -0.443 e. The maximum absolute atomic E-state index is 12.6. The van der Waals surface area contributed by atoms with Gasteiger partial charge < -0.3 is 4.42 Å². The summed E-state index contributed by atoms with van der Waals surface area (Å²) in [6.07, 6.45) is 2.87. The Morgan fingerprint density at radius 3 is 2.00 bits per heavy atom. The van der Waals surface area contributed by atoms with Gasteiger partial charge >= 0.3 is 0 Å². The lowest BCUT2D eigenvalue weighted by Gasteiger charge is -2.16. The molecule has 0 saturated carbocycles. The molecule has 0 aliphatic carbocycles. The topological polar surface area (TPSA) is 63.4 Å². The average molecular weight is 290 g/mol. The number of nitrogens with zero attached hydrogens (tertiary/aromatic N) is 2. The first-order valence-corrected chi connectivity index (χ1v) is 6.73. The Morgan fingerprint density at radius 2 is 1.41 bits per heavy atom. The van der Waals surface area contributed by atoms with E-state index in [2.05, 4.69) is 4.98 Å². The number of imide groups is 1. The van der Waals surface area contributed by atoms with E-state index >= 15 is 0 Å². The number of carbonyl (C=O) groups excluding carboxylic acids is 2. The van der Waals surface area contributed by atoms with Gasteiger partial charge in [-0.05, 0) is 24.3 Å². The monoisotopic (exact) mass is 290 g/mol. The molecule has 0 spiro atoms. The quantitative estimate of drug-likeness (QED) is 0.680. The van der Waals surface area contributed by atoms with Crippen LogP contribution in [-0.2, 0) is 0 Å². The largest absolute Gasteiger partial charge is 0.443 e. The molecule has 0 radical (unpaired) electrons. The van der Waals surface area contributed by atoms with Crippen molar-refractivity contribution < 1.29 is 14.0 Å². The fourth-order valence-corrected chi connectivity index (χ4v) is 2.63. The van der Waals surface area contributed by atoms with E-state index in [0.717, 1.165) is 0 Å². The highest BCUT2D eigenvalue weighted by molar-refractivity contribution is 6.35. The zero-order valence-corrected chi connectivity index (χ0v) is 11.4. The minimum absolute atomic E-state index is 0.326. The van der Waals surface area contributed by atoms with Crippen LogP contribution in [0.4, 0.5) is 5.69 Å². The van der Waals surface area contributed by atoms with Crippen LogP contribution in [0.15, 0.2) is 65.5 Å². The minimum atomic E-state index is -0.326. The van der Waals surface area contributed by atoms with Gasteiger partial charge in [-0.15, -0.1) is 0 Å². The summed E-state index contributed by atoms with van der Waals surface area (Å²) in [5.74, 6) is -0.146. The van der Waals surface area contributed by atoms with Crippen LogP contribution in [0.3, 0.4) is 0 Å². The zero-order valence-electron chi connectivity index (χ0n) is 11.4. The summed E-state index contributed by atoms with van der Waals surface area (Å²) in [5, 5.41) is 0. The van der Waals surface area contributed by atoms with Crippen molar-refractivity contribution >= 4 is 17.5 Å². The van der Waals surface area contributed by atoms with Crippen LogP contribution in [0.5, 0.6) is 0 Å². The number of carbonyl (C=O) groups is 2. The molecule has 1 aliphatic rings. The van der Waals surface area contributed by atoms with Crippen LogP contribution in [0.1, 0.15) is 20.7 Å². The lowest BCUT2D eigenvalue weighted by molar-refractivity contribution is 0.0926. The first-order chi connectivity index (χ1) is 10.8. The van der Waals surface area contributed by atoms with Gasteiger partial charge in [-0.1, -0.05) is 24.3 Å². The second-order valence-corrected chi connectivity index (χ2v) is 4.87. The Bertz CT molecular complexity index is 849. The summed E-state index contributed by atoms with van der Waals surface area (Å²) in [6.45, 7) is 0. The number of benzene rings is 2. The highest BCUT2D eigenvalue weighted by Crippen LogP contribution is 2.35. The molecule has 0 atom stereocenters. The van der Waals surface area contributed by atoms with Crippen molar-refractivity contribution in [3.63, 3.8) is 0 Å². The zero-order chi connectivity index (χ0) is 15.1. The molecule has 0 N–H and O–H groups in total. The summed E-state index contributed by atoms with van der Waals surface area (Å²) in [5.41, 5.74) is 1.97. The van der Waals surface area contributed by atoms with Crippen LogP contribution in [-0.4, -0.2) is 16.8 Å².